The van der Waals surface area contributed by atoms with Crippen LogP contribution in [0.15, 0.2) is 4.52 Å². The molecule has 168 valence electrons. The molecule has 2 heterocycles. The first-order valence-electron chi connectivity index (χ1n) is 10.7. The minimum atomic E-state index is -0.434. The van der Waals surface area contributed by atoms with Crippen LogP contribution in [0.5, 0.6) is 0 Å². The highest BCUT2D eigenvalue weighted by Gasteiger charge is 2.41. The third-order valence-corrected chi connectivity index (χ3v) is 6.22. The molecule has 1 aromatic heterocycles. The van der Waals surface area contributed by atoms with Crippen LogP contribution >= 0.6 is 24.8 Å². The van der Waals surface area contributed by atoms with Gasteiger partial charge in [0.1, 0.15) is 5.54 Å². The van der Waals surface area contributed by atoms with Crippen LogP contribution in [0.25, 0.3) is 0 Å². The van der Waals surface area contributed by atoms with E-state index in [-0.39, 0.29) is 30.7 Å². The number of nitrogens with one attached hydrogen (secondary N) is 2. The van der Waals surface area contributed by atoms with Gasteiger partial charge in [-0.2, -0.15) is 4.98 Å². The number of nitrogens with zero attached hydrogens (tertiary/aromatic N) is 3. The van der Waals surface area contributed by atoms with Crippen LogP contribution in [0.2, 0.25) is 0 Å². The van der Waals surface area contributed by atoms with Crippen LogP contribution in [0.3, 0.4) is 0 Å². The molecule has 1 aliphatic heterocycles. The average Bonchev–Trinajstić information content (AvgIpc) is 3.35. The summed E-state index contributed by atoms with van der Waals surface area (Å²) < 4.78 is 5.51. The molecule has 1 aliphatic carbocycles. The highest BCUT2D eigenvalue weighted by Crippen LogP contribution is 2.37. The van der Waals surface area contributed by atoms with Crippen LogP contribution in [-0.2, 0) is 16.9 Å². The SMILES string of the molecule is CCN(CC)Cc1nc(C2(NC(=O)CCC3CCNCC3)CCCC2)no1.Cl.Cl. The van der Waals surface area contributed by atoms with Crippen LogP contribution in [0, 0.1) is 5.92 Å². The minimum Gasteiger partial charge on any atom is -0.343 e. The zero-order chi connectivity index (χ0) is 19.1. The summed E-state index contributed by atoms with van der Waals surface area (Å²) in [4.78, 5) is 19.6. The Labute approximate surface area is 187 Å². The number of amides is 1. The Balaban J connectivity index is 0.00000210. The molecule has 0 radical (unpaired) electrons. The lowest BCUT2D eigenvalue weighted by atomic mass is 9.92. The maximum Gasteiger partial charge on any atom is 0.240 e. The fourth-order valence-corrected chi connectivity index (χ4v) is 4.37. The van der Waals surface area contributed by atoms with E-state index in [1.807, 2.05) is 0 Å². The molecule has 0 spiro atoms. The Hall–Kier alpha value is -0.890. The molecule has 2 aliphatic rings. The van der Waals surface area contributed by atoms with Gasteiger partial charge in [-0.15, -0.1) is 24.8 Å². The first kappa shape index (κ1) is 26.1. The third-order valence-electron chi connectivity index (χ3n) is 6.22. The van der Waals surface area contributed by atoms with Gasteiger partial charge in [-0.1, -0.05) is 31.8 Å². The molecule has 1 amide bonds. The van der Waals surface area contributed by atoms with E-state index < -0.39 is 5.54 Å². The van der Waals surface area contributed by atoms with Crippen molar-refractivity contribution in [2.24, 2.45) is 5.92 Å². The van der Waals surface area contributed by atoms with E-state index in [1.165, 1.54) is 12.8 Å². The summed E-state index contributed by atoms with van der Waals surface area (Å²) in [7, 11) is 0. The molecule has 0 aromatic carbocycles. The van der Waals surface area contributed by atoms with E-state index in [9.17, 15) is 4.79 Å². The Morgan fingerprint density at radius 2 is 1.86 bits per heavy atom. The van der Waals surface area contributed by atoms with Crippen molar-refractivity contribution in [3.8, 4) is 0 Å². The smallest absolute Gasteiger partial charge is 0.240 e. The van der Waals surface area contributed by atoms with Crippen LogP contribution in [-0.4, -0.2) is 47.1 Å². The van der Waals surface area contributed by atoms with E-state index in [2.05, 4.69) is 39.5 Å². The summed E-state index contributed by atoms with van der Waals surface area (Å²) >= 11 is 0. The maximum absolute atomic E-state index is 12.7. The van der Waals surface area contributed by atoms with Gasteiger partial charge in [0.25, 0.3) is 0 Å². The third kappa shape index (κ3) is 7.09. The highest BCUT2D eigenvalue weighted by molar-refractivity contribution is 5.85. The van der Waals surface area contributed by atoms with E-state index in [0.29, 0.717) is 30.6 Å². The van der Waals surface area contributed by atoms with E-state index >= 15 is 0 Å². The Kier molecular flexibility index (Phi) is 11.5. The van der Waals surface area contributed by atoms with Gasteiger partial charge >= 0.3 is 0 Å². The first-order chi connectivity index (χ1) is 13.1. The molecule has 1 aromatic rings. The number of halogens is 2. The molecule has 0 unspecified atom stereocenters. The molecular formula is C20H37Cl2N5O2. The number of carbonyl (C=O) groups is 1. The molecule has 7 nitrogen and oxygen atoms in total. The molecule has 29 heavy (non-hydrogen) atoms. The van der Waals surface area contributed by atoms with Crippen molar-refractivity contribution in [3.63, 3.8) is 0 Å². The van der Waals surface area contributed by atoms with Gasteiger partial charge in [-0.3, -0.25) is 9.69 Å². The van der Waals surface area contributed by atoms with E-state index in [0.717, 1.165) is 58.3 Å². The molecule has 2 N–H and O–H groups in total. The predicted molar refractivity (Wildman–Crippen MR) is 119 cm³/mol. The van der Waals surface area contributed by atoms with Crippen molar-refractivity contribution in [1.29, 1.82) is 0 Å². The molecule has 9 heteroatoms. The Bertz CT molecular complexity index is 597. The van der Waals surface area contributed by atoms with Crippen molar-refractivity contribution >= 4 is 30.7 Å². The lowest BCUT2D eigenvalue weighted by Crippen LogP contribution is -2.44. The monoisotopic (exact) mass is 449 g/mol. The Morgan fingerprint density at radius 1 is 1.21 bits per heavy atom. The van der Waals surface area contributed by atoms with Crippen LogP contribution < -0.4 is 10.6 Å². The second-order valence-corrected chi connectivity index (χ2v) is 8.04. The van der Waals surface area contributed by atoms with Crippen molar-refractivity contribution in [2.75, 3.05) is 26.2 Å². The molecule has 1 saturated heterocycles. The quantitative estimate of drug-likeness (QED) is 0.600. The lowest BCUT2D eigenvalue weighted by molar-refractivity contribution is -0.123. The second-order valence-electron chi connectivity index (χ2n) is 8.04. The summed E-state index contributed by atoms with van der Waals surface area (Å²) in [6.45, 7) is 8.98. The van der Waals surface area contributed by atoms with Gasteiger partial charge in [0.15, 0.2) is 5.82 Å². The summed E-state index contributed by atoms with van der Waals surface area (Å²) in [5.74, 6) is 2.11. The number of hydrogen-bond donors (Lipinski definition) is 2. The fourth-order valence-electron chi connectivity index (χ4n) is 4.37. The normalized spacial score (nSPS) is 18.9. The van der Waals surface area contributed by atoms with Crippen molar-refractivity contribution in [1.82, 2.24) is 25.7 Å². The van der Waals surface area contributed by atoms with Gasteiger partial charge in [0, 0.05) is 6.42 Å². The molecule has 0 atom stereocenters. The van der Waals surface area contributed by atoms with Crippen molar-refractivity contribution in [3.05, 3.63) is 11.7 Å². The van der Waals surface area contributed by atoms with Crippen LogP contribution in [0.1, 0.15) is 76.9 Å². The maximum atomic E-state index is 12.7. The molecule has 1 saturated carbocycles. The highest BCUT2D eigenvalue weighted by atomic mass is 35.5. The molecule has 3 rings (SSSR count). The number of piperidine rings is 1. The van der Waals surface area contributed by atoms with Gasteiger partial charge in [-0.05, 0) is 64.2 Å². The van der Waals surface area contributed by atoms with Gasteiger partial charge < -0.3 is 15.2 Å². The average molecular weight is 450 g/mol. The summed E-state index contributed by atoms with van der Waals surface area (Å²) in [5, 5.41) is 10.9. The minimum absolute atomic E-state index is 0. The summed E-state index contributed by atoms with van der Waals surface area (Å²) in [6, 6.07) is 0. The van der Waals surface area contributed by atoms with Crippen LogP contribution in [0.4, 0.5) is 0 Å². The van der Waals surface area contributed by atoms with Gasteiger partial charge in [-0.25, -0.2) is 0 Å². The predicted octanol–water partition coefficient (Wildman–Crippen LogP) is 3.42. The zero-order valence-corrected chi connectivity index (χ0v) is 19.4. The van der Waals surface area contributed by atoms with Crippen molar-refractivity contribution < 1.29 is 9.32 Å². The topological polar surface area (TPSA) is 83.3 Å². The number of hydrogen-bond acceptors (Lipinski definition) is 6. The summed E-state index contributed by atoms with van der Waals surface area (Å²) in [6.07, 6.45) is 7.91. The standard InChI is InChI=1S/C20H35N5O2.2ClH/c1-3-25(4-2)15-18-22-19(24-27-18)20(11-5-6-12-20)23-17(26)8-7-16-9-13-21-14-10-16;;/h16,21H,3-15H2,1-2H3,(H,23,26);2*1H. The molecular weight excluding hydrogens is 413 g/mol. The van der Waals surface area contributed by atoms with E-state index in [4.69, 9.17) is 4.52 Å². The number of rotatable bonds is 9. The summed E-state index contributed by atoms with van der Waals surface area (Å²) in [5.41, 5.74) is -0.434. The van der Waals surface area contributed by atoms with E-state index in [1.54, 1.807) is 0 Å². The number of aromatic nitrogens is 2. The number of carbonyl (C=O) groups excluding carboxylic acids is 1. The zero-order valence-electron chi connectivity index (χ0n) is 17.7. The van der Waals surface area contributed by atoms with Gasteiger partial charge in [0.05, 0.1) is 6.54 Å². The van der Waals surface area contributed by atoms with Crippen molar-refractivity contribution in [2.45, 2.75) is 77.3 Å². The Morgan fingerprint density at radius 3 is 2.48 bits per heavy atom. The first-order valence-corrected chi connectivity index (χ1v) is 10.7. The lowest BCUT2D eigenvalue weighted by Gasteiger charge is -2.28. The largest absolute Gasteiger partial charge is 0.343 e. The molecule has 0 bridgehead atoms. The fraction of sp³-hybridized carbons (Fsp3) is 0.850. The van der Waals surface area contributed by atoms with Gasteiger partial charge in [0.2, 0.25) is 11.8 Å². The second kappa shape index (κ2) is 12.7. The molecule has 2 fully saturated rings.